The molecule has 0 spiro atoms. The minimum Gasteiger partial charge on any atom is -0.497 e. The van der Waals surface area contributed by atoms with Crippen LogP contribution in [-0.2, 0) is 0 Å². The first-order valence-electron chi connectivity index (χ1n) is 8.79. The summed E-state index contributed by atoms with van der Waals surface area (Å²) in [5.74, 6) is 2.45. The number of methoxy groups -OCH3 is 1. The zero-order valence-corrected chi connectivity index (χ0v) is 16.6. The van der Waals surface area contributed by atoms with Crippen molar-refractivity contribution >= 4 is 33.1 Å². The first-order chi connectivity index (χ1) is 13.0. The van der Waals surface area contributed by atoms with Gasteiger partial charge in [0.1, 0.15) is 22.2 Å². The molecule has 0 unspecified atom stereocenters. The largest absolute Gasteiger partial charge is 0.497 e. The van der Waals surface area contributed by atoms with Gasteiger partial charge in [-0.05, 0) is 55.7 Å². The lowest BCUT2D eigenvalue weighted by Crippen LogP contribution is -2.00. The van der Waals surface area contributed by atoms with Gasteiger partial charge in [-0.2, -0.15) is 0 Å². The van der Waals surface area contributed by atoms with Crippen molar-refractivity contribution in [2.45, 2.75) is 20.8 Å². The van der Waals surface area contributed by atoms with E-state index >= 15 is 0 Å². The highest BCUT2D eigenvalue weighted by molar-refractivity contribution is 7.17. The Balaban J connectivity index is 1.86. The number of rotatable bonds is 4. The maximum Gasteiger partial charge on any atom is 0.143 e. The van der Waals surface area contributed by atoms with Gasteiger partial charge in [0.25, 0.3) is 0 Å². The Morgan fingerprint density at radius 3 is 2.48 bits per heavy atom. The normalized spacial score (nSPS) is 11.0. The van der Waals surface area contributed by atoms with E-state index in [1.165, 1.54) is 11.1 Å². The number of fused-ring (bicyclic) bond motifs is 1. The van der Waals surface area contributed by atoms with Gasteiger partial charge in [-0.1, -0.05) is 24.3 Å². The smallest absolute Gasteiger partial charge is 0.143 e. The van der Waals surface area contributed by atoms with Gasteiger partial charge in [-0.15, -0.1) is 11.3 Å². The third kappa shape index (κ3) is 3.38. The van der Waals surface area contributed by atoms with Gasteiger partial charge in [-0.3, -0.25) is 0 Å². The highest BCUT2D eigenvalue weighted by atomic mass is 32.1. The van der Waals surface area contributed by atoms with Crippen LogP contribution in [0.25, 0.3) is 21.3 Å². The Labute approximate surface area is 162 Å². The van der Waals surface area contributed by atoms with E-state index in [4.69, 9.17) is 9.72 Å². The first-order valence-corrected chi connectivity index (χ1v) is 9.67. The van der Waals surface area contributed by atoms with Crippen LogP contribution >= 0.6 is 11.3 Å². The van der Waals surface area contributed by atoms with E-state index in [0.29, 0.717) is 0 Å². The molecular weight excluding hydrogens is 354 g/mol. The molecule has 2 heterocycles. The average Bonchev–Trinajstić information content (AvgIpc) is 3.08. The summed E-state index contributed by atoms with van der Waals surface area (Å²) in [4.78, 5) is 10.3. The highest BCUT2D eigenvalue weighted by Gasteiger charge is 2.15. The lowest BCUT2D eigenvalue weighted by molar-refractivity contribution is 0.415. The second kappa shape index (κ2) is 7.00. The predicted molar refractivity (Wildman–Crippen MR) is 113 cm³/mol. The maximum atomic E-state index is 5.28. The number of benzene rings is 2. The predicted octanol–water partition coefficient (Wildman–Crippen LogP) is 6.04. The molecule has 2 aromatic carbocycles. The van der Waals surface area contributed by atoms with Gasteiger partial charge in [0, 0.05) is 16.6 Å². The van der Waals surface area contributed by atoms with E-state index in [9.17, 15) is 0 Å². The van der Waals surface area contributed by atoms with Crippen LogP contribution in [0.2, 0.25) is 0 Å². The summed E-state index contributed by atoms with van der Waals surface area (Å²) in [7, 11) is 1.68. The zero-order chi connectivity index (χ0) is 19.0. The number of nitrogens with one attached hydrogen (secondary N) is 1. The summed E-state index contributed by atoms with van der Waals surface area (Å²) in [6.45, 7) is 6.13. The van der Waals surface area contributed by atoms with Crippen LogP contribution in [0.3, 0.4) is 0 Å². The Morgan fingerprint density at radius 1 is 0.963 bits per heavy atom. The number of ether oxygens (including phenoxy) is 1. The minimum absolute atomic E-state index is 0.762. The third-order valence-electron chi connectivity index (χ3n) is 4.59. The van der Waals surface area contributed by atoms with Gasteiger partial charge in [0.05, 0.1) is 12.5 Å². The Kier molecular flexibility index (Phi) is 4.54. The molecule has 0 saturated carbocycles. The van der Waals surface area contributed by atoms with Crippen molar-refractivity contribution < 1.29 is 4.74 Å². The molecule has 0 amide bonds. The summed E-state index contributed by atoms with van der Waals surface area (Å²) < 4.78 is 5.28. The van der Waals surface area contributed by atoms with Crippen molar-refractivity contribution in [2.24, 2.45) is 0 Å². The molecule has 0 atom stereocenters. The molecule has 0 fully saturated rings. The van der Waals surface area contributed by atoms with E-state index in [2.05, 4.69) is 59.9 Å². The van der Waals surface area contributed by atoms with Crippen LogP contribution in [0.15, 0.2) is 47.8 Å². The van der Waals surface area contributed by atoms with Crippen molar-refractivity contribution in [1.82, 2.24) is 9.97 Å². The summed E-state index contributed by atoms with van der Waals surface area (Å²) in [6.07, 6.45) is 0. The number of aromatic nitrogens is 2. The Bertz CT molecular complexity index is 1120. The first kappa shape index (κ1) is 17.5. The van der Waals surface area contributed by atoms with Crippen LogP contribution in [0.1, 0.15) is 17.0 Å². The summed E-state index contributed by atoms with van der Waals surface area (Å²) in [6, 6.07) is 14.5. The molecule has 0 aliphatic heterocycles. The summed E-state index contributed by atoms with van der Waals surface area (Å²) in [5, 5.41) is 6.75. The van der Waals surface area contributed by atoms with Crippen molar-refractivity contribution in [3.05, 3.63) is 64.8 Å². The molecule has 0 bridgehead atoms. The fourth-order valence-electron chi connectivity index (χ4n) is 3.12. The second-order valence-electron chi connectivity index (χ2n) is 6.62. The van der Waals surface area contributed by atoms with Crippen LogP contribution < -0.4 is 10.1 Å². The molecular formula is C22H21N3OS. The van der Waals surface area contributed by atoms with E-state index < -0.39 is 0 Å². The molecule has 136 valence electrons. The summed E-state index contributed by atoms with van der Waals surface area (Å²) in [5.41, 5.74) is 5.72. The lowest BCUT2D eigenvalue weighted by Gasteiger charge is -2.12. The number of nitrogens with zero attached hydrogens (tertiary/aromatic N) is 2. The number of thiophene rings is 1. The molecule has 0 saturated heterocycles. The molecule has 4 aromatic rings. The van der Waals surface area contributed by atoms with Gasteiger partial charge in [-0.25, -0.2) is 9.97 Å². The fourth-order valence-corrected chi connectivity index (χ4v) is 4.11. The van der Waals surface area contributed by atoms with Gasteiger partial charge >= 0.3 is 0 Å². The fraction of sp³-hybridized carbons (Fsp3) is 0.182. The molecule has 5 heteroatoms. The van der Waals surface area contributed by atoms with Crippen molar-refractivity contribution in [3.8, 4) is 16.9 Å². The molecule has 0 aliphatic carbocycles. The van der Waals surface area contributed by atoms with E-state index in [0.717, 1.165) is 44.4 Å². The monoisotopic (exact) mass is 375 g/mol. The SMILES string of the molecule is COc1ccc(-c2csc3nc(C)nc(Nc4cc(C)ccc4C)c23)cc1. The second-order valence-corrected chi connectivity index (χ2v) is 7.48. The van der Waals surface area contributed by atoms with Crippen molar-refractivity contribution in [1.29, 1.82) is 0 Å². The third-order valence-corrected chi connectivity index (χ3v) is 5.46. The van der Waals surface area contributed by atoms with Crippen LogP contribution in [0, 0.1) is 20.8 Å². The van der Waals surface area contributed by atoms with Crippen molar-refractivity contribution in [2.75, 3.05) is 12.4 Å². The van der Waals surface area contributed by atoms with E-state index in [1.54, 1.807) is 18.4 Å². The standard InChI is InChI=1S/C22H21N3OS/c1-13-5-6-14(2)19(11-13)25-21-20-18(12-27-22(20)24-15(3)23-21)16-7-9-17(26-4)10-8-16/h5-12H,1-4H3,(H,23,24,25). The molecule has 0 radical (unpaired) electrons. The number of anilines is 2. The highest BCUT2D eigenvalue weighted by Crippen LogP contribution is 2.38. The zero-order valence-electron chi connectivity index (χ0n) is 15.8. The number of hydrogen-bond acceptors (Lipinski definition) is 5. The van der Waals surface area contributed by atoms with Gasteiger partial charge in [0.15, 0.2) is 0 Å². The molecule has 2 aromatic heterocycles. The van der Waals surface area contributed by atoms with E-state index in [1.807, 2.05) is 19.1 Å². The molecule has 4 nitrogen and oxygen atoms in total. The topological polar surface area (TPSA) is 47.0 Å². The average molecular weight is 375 g/mol. The van der Waals surface area contributed by atoms with Crippen LogP contribution in [0.5, 0.6) is 5.75 Å². The van der Waals surface area contributed by atoms with Crippen LogP contribution in [-0.4, -0.2) is 17.1 Å². The number of hydrogen-bond donors (Lipinski definition) is 1. The van der Waals surface area contributed by atoms with Crippen molar-refractivity contribution in [3.63, 3.8) is 0 Å². The molecule has 27 heavy (non-hydrogen) atoms. The number of aryl methyl sites for hydroxylation is 3. The molecule has 4 rings (SSSR count). The Morgan fingerprint density at radius 2 is 1.74 bits per heavy atom. The summed E-state index contributed by atoms with van der Waals surface area (Å²) >= 11 is 1.64. The maximum absolute atomic E-state index is 5.28. The molecule has 0 aliphatic rings. The Hall–Kier alpha value is -2.92. The van der Waals surface area contributed by atoms with Gasteiger partial charge < -0.3 is 10.1 Å². The van der Waals surface area contributed by atoms with E-state index in [-0.39, 0.29) is 0 Å². The lowest BCUT2D eigenvalue weighted by atomic mass is 10.1. The minimum atomic E-state index is 0.762. The quantitative estimate of drug-likeness (QED) is 0.473. The molecule has 1 N–H and O–H groups in total. The van der Waals surface area contributed by atoms with Crippen LogP contribution in [0.4, 0.5) is 11.5 Å². The van der Waals surface area contributed by atoms with Gasteiger partial charge in [0.2, 0.25) is 0 Å².